The molecule has 1 unspecified atom stereocenters. The van der Waals surface area contributed by atoms with Gasteiger partial charge in [0.05, 0.1) is 21.9 Å². The lowest BCUT2D eigenvalue weighted by molar-refractivity contribution is 0.536. The van der Waals surface area contributed by atoms with E-state index in [1.165, 1.54) is 9.75 Å². The first-order valence-electron chi connectivity index (χ1n) is 6.29. The number of hydrogen-bond donors (Lipinski definition) is 2. The van der Waals surface area contributed by atoms with Crippen molar-refractivity contribution in [2.45, 2.75) is 32.7 Å². The highest BCUT2D eigenvalue weighted by atomic mass is 79.9. The summed E-state index contributed by atoms with van der Waals surface area (Å²) in [6.45, 7) is 4.17. The maximum absolute atomic E-state index is 5.72. The number of rotatable bonds is 5. The molecule has 0 spiro atoms. The van der Waals surface area contributed by atoms with E-state index in [4.69, 9.17) is 5.84 Å². The fourth-order valence-electron chi connectivity index (χ4n) is 2.11. The van der Waals surface area contributed by atoms with E-state index in [2.05, 4.69) is 45.5 Å². The Labute approximate surface area is 126 Å². The number of nitrogens with two attached hydrogens (primary N) is 1. The molecule has 19 heavy (non-hydrogen) atoms. The van der Waals surface area contributed by atoms with Crippen LogP contribution in [0.1, 0.15) is 34.1 Å². The first kappa shape index (κ1) is 14.7. The molecule has 0 fully saturated rings. The van der Waals surface area contributed by atoms with Crippen LogP contribution in [-0.4, -0.2) is 9.78 Å². The molecule has 2 aromatic rings. The van der Waals surface area contributed by atoms with Gasteiger partial charge in [0.25, 0.3) is 0 Å². The zero-order valence-electron chi connectivity index (χ0n) is 11.4. The van der Waals surface area contributed by atoms with E-state index in [1.807, 2.05) is 30.0 Å². The van der Waals surface area contributed by atoms with Crippen molar-refractivity contribution in [1.82, 2.24) is 15.2 Å². The van der Waals surface area contributed by atoms with Crippen molar-refractivity contribution in [2.75, 3.05) is 0 Å². The van der Waals surface area contributed by atoms with Crippen LogP contribution < -0.4 is 11.3 Å². The average molecular weight is 343 g/mol. The van der Waals surface area contributed by atoms with E-state index < -0.39 is 0 Å². The van der Waals surface area contributed by atoms with Crippen LogP contribution in [0.4, 0.5) is 0 Å². The summed E-state index contributed by atoms with van der Waals surface area (Å²) < 4.78 is 2.99. The van der Waals surface area contributed by atoms with Crippen LogP contribution in [0.25, 0.3) is 0 Å². The minimum atomic E-state index is 0.122. The molecule has 0 aliphatic carbocycles. The van der Waals surface area contributed by atoms with Gasteiger partial charge in [-0.15, -0.1) is 11.3 Å². The molecule has 4 nitrogen and oxygen atoms in total. The summed E-state index contributed by atoms with van der Waals surface area (Å²) in [5.74, 6) is 5.72. The van der Waals surface area contributed by atoms with E-state index in [9.17, 15) is 0 Å². The van der Waals surface area contributed by atoms with Gasteiger partial charge >= 0.3 is 0 Å². The fourth-order valence-corrected chi connectivity index (χ4v) is 3.62. The van der Waals surface area contributed by atoms with Gasteiger partial charge in [0.15, 0.2) is 0 Å². The summed E-state index contributed by atoms with van der Waals surface area (Å²) in [6, 6.07) is 4.45. The van der Waals surface area contributed by atoms with Gasteiger partial charge in [0.2, 0.25) is 0 Å². The lowest BCUT2D eigenvalue weighted by atomic mass is 10.1. The second-order valence-electron chi connectivity index (χ2n) is 4.55. The average Bonchev–Trinajstić information content (AvgIpc) is 2.95. The van der Waals surface area contributed by atoms with Gasteiger partial charge in [0, 0.05) is 23.2 Å². The van der Waals surface area contributed by atoms with Crippen molar-refractivity contribution in [1.29, 1.82) is 0 Å². The lowest BCUT2D eigenvalue weighted by Gasteiger charge is -2.14. The van der Waals surface area contributed by atoms with Crippen molar-refractivity contribution >= 4 is 27.3 Å². The van der Waals surface area contributed by atoms with E-state index in [1.54, 1.807) is 0 Å². The van der Waals surface area contributed by atoms with Crippen molar-refractivity contribution < 1.29 is 0 Å². The first-order chi connectivity index (χ1) is 9.06. The molecule has 0 aromatic carbocycles. The van der Waals surface area contributed by atoms with Crippen LogP contribution in [-0.2, 0) is 19.9 Å². The smallest absolute Gasteiger partial charge is 0.0738 e. The molecule has 1 atom stereocenters. The van der Waals surface area contributed by atoms with E-state index in [0.717, 1.165) is 28.7 Å². The Morgan fingerprint density at radius 3 is 2.74 bits per heavy atom. The molecule has 104 valence electrons. The Kier molecular flexibility index (Phi) is 4.78. The number of thiophene rings is 1. The van der Waals surface area contributed by atoms with Gasteiger partial charge in [-0.2, -0.15) is 5.10 Å². The van der Waals surface area contributed by atoms with Crippen molar-refractivity contribution in [3.05, 3.63) is 37.7 Å². The molecule has 2 heterocycles. The molecule has 2 aromatic heterocycles. The van der Waals surface area contributed by atoms with Crippen LogP contribution in [0.2, 0.25) is 0 Å². The monoisotopic (exact) mass is 342 g/mol. The van der Waals surface area contributed by atoms with Gasteiger partial charge in [-0.25, -0.2) is 0 Å². The Hall–Kier alpha value is -0.690. The molecule has 0 aliphatic rings. The quantitative estimate of drug-likeness (QED) is 0.648. The predicted molar refractivity (Wildman–Crippen MR) is 83.1 cm³/mol. The van der Waals surface area contributed by atoms with Crippen molar-refractivity contribution in [2.24, 2.45) is 12.9 Å². The highest BCUT2D eigenvalue weighted by molar-refractivity contribution is 9.10. The van der Waals surface area contributed by atoms with E-state index in [0.29, 0.717) is 0 Å². The molecular formula is C13H19BrN4S. The topological polar surface area (TPSA) is 55.9 Å². The second-order valence-corrected chi connectivity index (χ2v) is 6.54. The number of hydrogen-bond acceptors (Lipinski definition) is 4. The fraction of sp³-hybridized carbons (Fsp3) is 0.462. The highest BCUT2D eigenvalue weighted by Gasteiger charge is 2.18. The Balaban J connectivity index is 2.23. The maximum Gasteiger partial charge on any atom is 0.0738 e. The van der Waals surface area contributed by atoms with E-state index >= 15 is 0 Å². The third-order valence-corrected chi connectivity index (χ3v) is 5.61. The van der Waals surface area contributed by atoms with Gasteiger partial charge in [-0.3, -0.25) is 16.0 Å². The summed E-state index contributed by atoms with van der Waals surface area (Å²) in [5.41, 5.74) is 5.08. The van der Waals surface area contributed by atoms with Crippen LogP contribution in [0, 0.1) is 6.92 Å². The van der Waals surface area contributed by atoms with Crippen molar-refractivity contribution in [3.8, 4) is 0 Å². The number of nitrogens with zero attached hydrogens (tertiary/aromatic N) is 2. The Bertz CT molecular complexity index is 561. The molecular weight excluding hydrogens is 324 g/mol. The van der Waals surface area contributed by atoms with Crippen LogP contribution >= 0.6 is 27.3 Å². The zero-order chi connectivity index (χ0) is 14.0. The number of aryl methyl sites for hydroxylation is 3. The molecule has 6 heteroatoms. The standard InChI is InChI=1S/C13H19BrN4S/c1-4-9-5-6-12(19-9)10(16-15)7-11-13(14)8(2)17-18(11)3/h5-6,10,16H,4,7,15H2,1-3H3. The molecule has 0 radical (unpaired) electrons. The van der Waals surface area contributed by atoms with Crippen LogP contribution in [0.15, 0.2) is 16.6 Å². The summed E-state index contributed by atoms with van der Waals surface area (Å²) in [7, 11) is 1.96. The summed E-state index contributed by atoms with van der Waals surface area (Å²) >= 11 is 5.42. The number of aromatic nitrogens is 2. The van der Waals surface area contributed by atoms with Crippen LogP contribution in [0.5, 0.6) is 0 Å². The number of nitrogens with one attached hydrogen (secondary N) is 1. The third kappa shape index (κ3) is 3.08. The summed E-state index contributed by atoms with van der Waals surface area (Å²) in [5, 5.41) is 4.42. The Morgan fingerprint density at radius 1 is 1.53 bits per heavy atom. The normalized spacial score (nSPS) is 12.9. The number of hydrazine groups is 1. The third-order valence-electron chi connectivity index (χ3n) is 3.23. The molecule has 0 saturated heterocycles. The molecule has 2 rings (SSSR count). The molecule has 0 bridgehead atoms. The predicted octanol–water partition coefficient (Wildman–Crippen LogP) is 2.86. The van der Waals surface area contributed by atoms with Crippen LogP contribution in [0.3, 0.4) is 0 Å². The highest BCUT2D eigenvalue weighted by Crippen LogP contribution is 2.29. The maximum atomic E-state index is 5.72. The van der Waals surface area contributed by atoms with Gasteiger partial charge in [-0.1, -0.05) is 6.92 Å². The molecule has 0 saturated carbocycles. The minimum absolute atomic E-state index is 0.122. The largest absolute Gasteiger partial charge is 0.271 e. The van der Waals surface area contributed by atoms with Gasteiger partial charge in [0.1, 0.15) is 0 Å². The second kappa shape index (κ2) is 6.17. The summed E-state index contributed by atoms with van der Waals surface area (Å²) in [6.07, 6.45) is 1.88. The molecule has 0 aliphatic heterocycles. The Morgan fingerprint density at radius 2 is 2.26 bits per heavy atom. The van der Waals surface area contributed by atoms with Crippen molar-refractivity contribution in [3.63, 3.8) is 0 Å². The number of halogens is 1. The SMILES string of the molecule is CCc1ccc(C(Cc2c(Br)c(C)nn2C)NN)s1. The lowest BCUT2D eigenvalue weighted by Crippen LogP contribution is -2.29. The minimum Gasteiger partial charge on any atom is -0.271 e. The molecule has 0 amide bonds. The zero-order valence-corrected chi connectivity index (χ0v) is 13.8. The van der Waals surface area contributed by atoms with Gasteiger partial charge < -0.3 is 0 Å². The van der Waals surface area contributed by atoms with E-state index in [-0.39, 0.29) is 6.04 Å². The molecule has 3 N–H and O–H groups in total. The summed E-state index contributed by atoms with van der Waals surface area (Å²) in [4.78, 5) is 2.65. The van der Waals surface area contributed by atoms with Gasteiger partial charge in [-0.05, 0) is 41.4 Å². The first-order valence-corrected chi connectivity index (χ1v) is 7.90.